The molecule has 0 saturated carbocycles. The lowest BCUT2D eigenvalue weighted by Crippen LogP contribution is -2.35. The maximum atomic E-state index is 13.4. The van der Waals surface area contributed by atoms with Crippen LogP contribution in [0.15, 0.2) is 60.7 Å². The van der Waals surface area contributed by atoms with Crippen LogP contribution in [0.3, 0.4) is 0 Å². The number of aromatic amines is 1. The summed E-state index contributed by atoms with van der Waals surface area (Å²) in [6, 6.07) is 17.6. The van der Waals surface area contributed by atoms with Crippen LogP contribution < -0.4 is 25.0 Å². The number of benzene rings is 3. The van der Waals surface area contributed by atoms with Crippen LogP contribution >= 0.6 is 0 Å². The Hall–Kier alpha value is -5.59. The molecule has 0 aliphatic heterocycles. The molecule has 4 N–H and O–H groups in total. The van der Waals surface area contributed by atoms with Gasteiger partial charge < -0.3 is 29.2 Å². The van der Waals surface area contributed by atoms with Crippen LogP contribution in [0.4, 0.5) is 21.0 Å². The first-order chi connectivity index (χ1) is 24.2. The van der Waals surface area contributed by atoms with Gasteiger partial charge in [0.05, 0.1) is 50.0 Å². The summed E-state index contributed by atoms with van der Waals surface area (Å²) in [7, 11) is 1.53. The molecule has 0 atom stereocenters. The highest BCUT2D eigenvalue weighted by molar-refractivity contribution is 6.05. The van der Waals surface area contributed by atoms with Gasteiger partial charge >= 0.3 is 18.2 Å². The molecule has 50 heavy (non-hydrogen) atoms. The minimum Gasteiger partial charge on any atom is -0.495 e. The molecule has 4 rings (SSSR count). The van der Waals surface area contributed by atoms with Gasteiger partial charge in [-0.25, -0.2) is 14.6 Å². The topological polar surface area (TPSA) is 168 Å². The van der Waals surface area contributed by atoms with Crippen LogP contribution in [0, 0.1) is 12.3 Å². The van der Waals surface area contributed by atoms with Gasteiger partial charge in [-0.3, -0.25) is 20.4 Å². The second-order valence-corrected chi connectivity index (χ2v) is 11.5. The lowest BCUT2D eigenvalue weighted by Gasteiger charge is -2.22. The van der Waals surface area contributed by atoms with Crippen molar-refractivity contribution in [3.63, 3.8) is 0 Å². The molecule has 0 saturated heterocycles. The summed E-state index contributed by atoms with van der Waals surface area (Å²) in [4.78, 5) is 47.0. The number of ether oxygens (including phenoxy) is 4. The fourth-order valence-electron chi connectivity index (χ4n) is 5.21. The molecule has 0 fully saturated rings. The van der Waals surface area contributed by atoms with Crippen LogP contribution in [-0.2, 0) is 20.8 Å². The number of nitrogens with one attached hydrogen (secondary N) is 4. The molecule has 0 aliphatic carbocycles. The monoisotopic (exact) mass is 686 g/mol. The van der Waals surface area contributed by atoms with Crippen molar-refractivity contribution < 1.29 is 33.3 Å². The molecule has 1 heterocycles. The van der Waals surface area contributed by atoms with Crippen molar-refractivity contribution in [2.24, 2.45) is 0 Å². The molecule has 0 bridgehead atoms. The average Bonchev–Trinajstić information content (AvgIpc) is 3.54. The number of rotatable bonds is 17. The molecule has 1 aromatic heterocycles. The first-order valence-corrected chi connectivity index (χ1v) is 16.9. The van der Waals surface area contributed by atoms with E-state index in [1.807, 2.05) is 13.0 Å². The highest BCUT2D eigenvalue weighted by atomic mass is 16.6. The van der Waals surface area contributed by atoms with E-state index in [1.165, 1.54) is 18.4 Å². The molecule has 0 aliphatic rings. The molecular formula is C37H46N6O7. The van der Waals surface area contributed by atoms with E-state index in [1.54, 1.807) is 61.5 Å². The van der Waals surface area contributed by atoms with Gasteiger partial charge in [0.1, 0.15) is 23.2 Å². The molecule has 13 heteroatoms. The normalized spacial score (nSPS) is 10.7. The predicted molar refractivity (Wildman–Crippen MR) is 192 cm³/mol. The SMILES string of the molecule is CCCCCCCOC(=O)NC(=N)c1ccc(NCc2nc3c(C)c(OC(=O)N(CCC(=O)OCC)c4ccccc4)ccc3[nH]2)c(OC)c1. The molecule has 0 radical (unpaired) electrons. The van der Waals surface area contributed by atoms with Gasteiger partial charge in [0, 0.05) is 23.4 Å². The summed E-state index contributed by atoms with van der Waals surface area (Å²) in [6.45, 7) is 6.68. The largest absolute Gasteiger partial charge is 0.495 e. The summed E-state index contributed by atoms with van der Waals surface area (Å²) < 4.78 is 21.6. The lowest BCUT2D eigenvalue weighted by molar-refractivity contribution is -0.142. The second-order valence-electron chi connectivity index (χ2n) is 11.5. The number of hydrogen-bond acceptors (Lipinski definition) is 10. The molecule has 13 nitrogen and oxygen atoms in total. The zero-order valence-corrected chi connectivity index (χ0v) is 29.1. The molecular weight excluding hydrogens is 640 g/mol. The van der Waals surface area contributed by atoms with Crippen molar-refractivity contribution in [1.82, 2.24) is 15.3 Å². The van der Waals surface area contributed by atoms with Crippen molar-refractivity contribution >= 4 is 46.4 Å². The first-order valence-electron chi connectivity index (χ1n) is 16.9. The second kappa shape index (κ2) is 18.8. The van der Waals surface area contributed by atoms with Crippen LogP contribution in [0.1, 0.15) is 69.3 Å². The fraction of sp³-hybridized carbons (Fsp3) is 0.378. The van der Waals surface area contributed by atoms with E-state index in [2.05, 4.69) is 22.5 Å². The number of esters is 1. The molecule has 0 unspecified atom stereocenters. The minimum absolute atomic E-state index is 0.0203. The maximum absolute atomic E-state index is 13.4. The first kappa shape index (κ1) is 37.2. The number of aromatic nitrogens is 2. The Kier molecular flexibility index (Phi) is 14.0. The number of H-pyrrole nitrogens is 1. The number of anilines is 2. The van der Waals surface area contributed by atoms with Gasteiger partial charge in [0.25, 0.3) is 0 Å². The predicted octanol–water partition coefficient (Wildman–Crippen LogP) is 7.47. The number of unbranched alkanes of at least 4 members (excludes halogenated alkanes) is 4. The van der Waals surface area contributed by atoms with E-state index in [0.717, 1.165) is 31.2 Å². The third-order valence-corrected chi connectivity index (χ3v) is 7.88. The number of carbonyl (C=O) groups is 3. The van der Waals surface area contributed by atoms with E-state index in [0.29, 0.717) is 58.5 Å². The van der Waals surface area contributed by atoms with Crippen molar-refractivity contribution in [3.05, 3.63) is 77.6 Å². The Balaban J connectivity index is 1.38. The van der Waals surface area contributed by atoms with Gasteiger partial charge in [-0.2, -0.15) is 0 Å². The number of imidazole rings is 1. The summed E-state index contributed by atoms with van der Waals surface area (Å²) in [5.41, 5.74) is 3.78. The number of nitrogens with zero attached hydrogens (tertiary/aromatic N) is 2. The third-order valence-electron chi connectivity index (χ3n) is 7.88. The Morgan fingerprint density at radius 1 is 0.940 bits per heavy atom. The number of hydrogen-bond donors (Lipinski definition) is 4. The van der Waals surface area contributed by atoms with Crippen LogP contribution in [0.5, 0.6) is 11.5 Å². The zero-order chi connectivity index (χ0) is 35.9. The Morgan fingerprint density at radius 3 is 2.46 bits per heavy atom. The molecule has 2 amide bonds. The highest BCUT2D eigenvalue weighted by Crippen LogP contribution is 2.29. The Bertz CT molecular complexity index is 1760. The highest BCUT2D eigenvalue weighted by Gasteiger charge is 2.22. The van der Waals surface area contributed by atoms with Gasteiger partial charge in [0.15, 0.2) is 0 Å². The van der Waals surface area contributed by atoms with Crippen LogP contribution in [0.25, 0.3) is 11.0 Å². The van der Waals surface area contributed by atoms with Gasteiger partial charge in [-0.15, -0.1) is 0 Å². The standard InChI is InChI=1S/C37H46N6O7/c1-5-7-8-9-13-22-49-36(45)42-35(38)26-16-17-28(31(23-26)47-4)39-24-32-40-29-18-19-30(25(3)34(29)41-32)50-37(46)43(21-20-33(44)48-6-2)27-14-11-10-12-15-27/h10-12,14-19,23,39H,5-9,13,20-22,24H2,1-4H3,(H,40,41)(H2,38,42,45). The number of carbonyl (C=O) groups excluding carboxylic acids is 3. The average molecular weight is 687 g/mol. The van der Waals surface area contributed by atoms with Gasteiger partial charge in [0.2, 0.25) is 0 Å². The van der Waals surface area contributed by atoms with E-state index < -0.39 is 18.2 Å². The number of amides is 2. The lowest BCUT2D eigenvalue weighted by atomic mass is 10.1. The van der Waals surface area contributed by atoms with E-state index in [4.69, 9.17) is 29.3 Å². The van der Waals surface area contributed by atoms with E-state index in [-0.39, 0.29) is 25.4 Å². The summed E-state index contributed by atoms with van der Waals surface area (Å²) in [5, 5.41) is 14.1. The number of aryl methyl sites for hydroxylation is 1. The molecule has 4 aromatic rings. The van der Waals surface area contributed by atoms with Crippen LogP contribution in [-0.4, -0.2) is 60.8 Å². The number of alkyl carbamates (subject to hydrolysis) is 1. The van der Waals surface area contributed by atoms with E-state index >= 15 is 0 Å². The summed E-state index contributed by atoms with van der Waals surface area (Å²) in [5.74, 6) is 0.952. The fourth-order valence-corrected chi connectivity index (χ4v) is 5.21. The van der Waals surface area contributed by atoms with Crippen molar-refractivity contribution in [2.75, 3.05) is 37.1 Å². The van der Waals surface area contributed by atoms with E-state index in [9.17, 15) is 14.4 Å². The van der Waals surface area contributed by atoms with Gasteiger partial charge in [-0.1, -0.05) is 50.8 Å². The summed E-state index contributed by atoms with van der Waals surface area (Å²) >= 11 is 0. The van der Waals surface area contributed by atoms with Crippen molar-refractivity contribution in [3.8, 4) is 11.5 Å². The van der Waals surface area contributed by atoms with Crippen molar-refractivity contribution in [2.45, 2.75) is 65.8 Å². The minimum atomic E-state index is -0.660. The maximum Gasteiger partial charge on any atom is 0.419 e. The molecule has 3 aromatic carbocycles. The summed E-state index contributed by atoms with van der Waals surface area (Å²) in [6.07, 6.45) is 3.95. The number of para-hydroxylation sites is 1. The third kappa shape index (κ3) is 10.5. The Morgan fingerprint density at radius 2 is 1.72 bits per heavy atom. The smallest absolute Gasteiger partial charge is 0.419 e. The molecule has 266 valence electrons. The number of methoxy groups -OCH3 is 1. The molecule has 0 spiro atoms. The van der Waals surface area contributed by atoms with Crippen LogP contribution in [0.2, 0.25) is 0 Å². The van der Waals surface area contributed by atoms with Crippen molar-refractivity contribution in [1.29, 1.82) is 5.41 Å². The number of amidine groups is 1. The quantitative estimate of drug-likeness (QED) is 0.0381. The Labute approximate surface area is 292 Å². The zero-order valence-electron chi connectivity index (χ0n) is 29.1. The number of fused-ring (bicyclic) bond motifs is 1. The van der Waals surface area contributed by atoms with Gasteiger partial charge in [-0.05, 0) is 62.7 Å².